The van der Waals surface area contributed by atoms with Crippen molar-refractivity contribution in [3.8, 4) is 11.1 Å². The van der Waals surface area contributed by atoms with E-state index in [-0.39, 0.29) is 5.56 Å². The molecule has 0 bridgehead atoms. The van der Waals surface area contributed by atoms with Gasteiger partial charge in [0.15, 0.2) is 0 Å². The van der Waals surface area contributed by atoms with Gasteiger partial charge in [-0.25, -0.2) is 13.2 Å². The van der Waals surface area contributed by atoms with Crippen LogP contribution in [-0.2, 0) is 16.1 Å². The topological polar surface area (TPSA) is 26.3 Å². The van der Waals surface area contributed by atoms with Crippen molar-refractivity contribution in [1.82, 2.24) is 0 Å². The molecule has 0 aromatic heterocycles. The first-order valence-electron chi connectivity index (χ1n) is 9.18. The van der Waals surface area contributed by atoms with Crippen molar-refractivity contribution < 1.29 is 35.9 Å². The Kier molecular flexibility index (Phi) is 6.15. The number of hydrogen-bond acceptors (Lipinski definition) is 2. The second-order valence-corrected chi connectivity index (χ2v) is 8.23. The van der Waals surface area contributed by atoms with Gasteiger partial charge >= 0.3 is 12.1 Å². The first-order chi connectivity index (χ1) is 14.4. The SMILES string of the molecule is CC1(C)C(C=C(Cl)C(F)(F)F)C1C(=O)OCc1c(F)cc(F)c(-c2ccccc2)c1F. The molecule has 1 aliphatic rings. The number of allylic oxidation sites excluding steroid dienone is 2. The first-order valence-corrected chi connectivity index (χ1v) is 9.56. The van der Waals surface area contributed by atoms with Gasteiger partial charge in [-0.05, 0) is 16.9 Å². The van der Waals surface area contributed by atoms with Crippen LogP contribution in [0.15, 0.2) is 47.5 Å². The van der Waals surface area contributed by atoms with Gasteiger partial charge in [0.05, 0.1) is 17.0 Å². The molecule has 0 spiro atoms. The van der Waals surface area contributed by atoms with Crippen LogP contribution in [-0.4, -0.2) is 12.1 Å². The highest BCUT2D eigenvalue weighted by Crippen LogP contribution is 2.60. The summed E-state index contributed by atoms with van der Waals surface area (Å²) in [5, 5.41) is -1.36. The average Bonchev–Trinajstić information content (AvgIpc) is 3.21. The Morgan fingerprint density at radius 3 is 2.32 bits per heavy atom. The molecular formula is C22H17ClF6O2. The van der Waals surface area contributed by atoms with Gasteiger partial charge in [0.25, 0.3) is 0 Å². The third-order valence-corrected chi connectivity index (χ3v) is 5.79. The summed E-state index contributed by atoms with van der Waals surface area (Å²) in [6.07, 6.45) is -4.01. The van der Waals surface area contributed by atoms with Crippen molar-refractivity contribution >= 4 is 17.6 Å². The standard InChI is InChI=1S/C22H17ClF6O2/c1-21(2)13(8-16(23)22(27,28)29)18(21)20(30)31-10-12-14(24)9-15(25)17(19(12)26)11-6-4-3-5-7-11/h3-9,13,18H,10H2,1-2H3. The zero-order valence-electron chi connectivity index (χ0n) is 16.4. The van der Waals surface area contributed by atoms with Crippen molar-refractivity contribution in [2.45, 2.75) is 26.6 Å². The van der Waals surface area contributed by atoms with E-state index in [0.29, 0.717) is 6.07 Å². The highest BCUT2D eigenvalue weighted by Gasteiger charge is 2.62. The zero-order valence-corrected chi connectivity index (χ0v) is 17.1. The number of ether oxygens (including phenoxy) is 1. The van der Waals surface area contributed by atoms with Crippen molar-refractivity contribution in [2.75, 3.05) is 0 Å². The van der Waals surface area contributed by atoms with Crippen LogP contribution in [0.25, 0.3) is 11.1 Å². The molecule has 31 heavy (non-hydrogen) atoms. The summed E-state index contributed by atoms with van der Waals surface area (Å²) in [5.41, 5.74) is -1.84. The van der Waals surface area contributed by atoms with Crippen LogP contribution in [0, 0.1) is 34.7 Å². The molecule has 2 aromatic carbocycles. The minimum absolute atomic E-state index is 0.167. The van der Waals surface area contributed by atoms with Crippen LogP contribution < -0.4 is 0 Å². The number of halogens is 7. The summed E-state index contributed by atoms with van der Waals surface area (Å²) in [6, 6.07) is 8.09. The molecule has 1 saturated carbocycles. The van der Waals surface area contributed by atoms with E-state index in [1.807, 2.05) is 0 Å². The molecular weight excluding hydrogens is 446 g/mol. The largest absolute Gasteiger partial charge is 0.460 e. The van der Waals surface area contributed by atoms with Crippen molar-refractivity contribution in [3.05, 3.63) is 70.5 Å². The molecule has 0 saturated heterocycles. The molecule has 2 atom stereocenters. The second kappa shape index (κ2) is 8.22. The molecule has 2 nitrogen and oxygen atoms in total. The molecule has 0 aliphatic heterocycles. The smallest absolute Gasteiger partial charge is 0.426 e. The zero-order chi connectivity index (χ0) is 23.1. The van der Waals surface area contributed by atoms with E-state index in [1.165, 1.54) is 12.1 Å². The fourth-order valence-corrected chi connectivity index (χ4v) is 3.69. The normalized spacial score (nSPS) is 20.5. The van der Waals surface area contributed by atoms with Crippen LogP contribution in [0.3, 0.4) is 0 Å². The molecule has 0 radical (unpaired) electrons. The van der Waals surface area contributed by atoms with Gasteiger partial charge in [0.2, 0.25) is 0 Å². The van der Waals surface area contributed by atoms with Gasteiger partial charge in [-0.1, -0.05) is 61.9 Å². The quantitative estimate of drug-likeness (QED) is 0.362. The van der Waals surface area contributed by atoms with Crippen molar-refractivity contribution in [3.63, 3.8) is 0 Å². The van der Waals surface area contributed by atoms with Crippen molar-refractivity contribution in [1.29, 1.82) is 0 Å². The van der Waals surface area contributed by atoms with Gasteiger partial charge in [0.1, 0.15) is 29.1 Å². The lowest BCUT2D eigenvalue weighted by Crippen LogP contribution is -2.13. The summed E-state index contributed by atoms with van der Waals surface area (Å²) < 4.78 is 86.2. The van der Waals surface area contributed by atoms with E-state index in [0.717, 1.165) is 6.08 Å². The van der Waals surface area contributed by atoms with Crippen LogP contribution in [0.4, 0.5) is 26.3 Å². The van der Waals surface area contributed by atoms with Gasteiger partial charge in [-0.15, -0.1) is 0 Å². The molecule has 1 fully saturated rings. The average molecular weight is 463 g/mol. The minimum atomic E-state index is -4.75. The van der Waals surface area contributed by atoms with Crippen LogP contribution in [0.5, 0.6) is 0 Å². The van der Waals surface area contributed by atoms with E-state index in [2.05, 4.69) is 0 Å². The van der Waals surface area contributed by atoms with E-state index >= 15 is 0 Å². The maximum absolute atomic E-state index is 14.9. The fraction of sp³-hybridized carbons (Fsp3) is 0.318. The number of carbonyl (C=O) groups is 1. The lowest BCUT2D eigenvalue weighted by atomic mass is 10.0. The molecule has 9 heteroatoms. The number of alkyl halides is 3. The van der Waals surface area contributed by atoms with Crippen LogP contribution >= 0.6 is 11.6 Å². The Labute approximate surface area is 179 Å². The summed E-state index contributed by atoms with van der Waals surface area (Å²) >= 11 is 5.24. The third kappa shape index (κ3) is 4.59. The van der Waals surface area contributed by atoms with Crippen LogP contribution in [0.2, 0.25) is 0 Å². The number of esters is 1. The summed E-state index contributed by atoms with van der Waals surface area (Å²) in [4.78, 5) is 12.4. The monoisotopic (exact) mass is 462 g/mol. The molecule has 3 rings (SSSR count). The molecule has 0 N–H and O–H groups in total. The van der Waals surface area contributed by atoms with E-state index in [1.54, 1.807) is 32.0 Å². The molecule has 1 aliphatic carbocycles. The van der Waals surface area contributed by atoms with Crippen LogP contribution in [0.1, 0.15) is 19.4 Å². The summed E-state index contributed by atoms with van der Waals surface area (Å²) in [5.74, 6) is -6.33. The number of rotatable bonds is 5. The number of benzene rings is 2. The first kappa shape index (κ1) is 23.2. The molecule has 2 unspecified atom stereocenters. The Balaban J connectivity index is 1.80. The highest BCUT2D eigenvalue weighted by atomic mass is 35.5. The molecule has 0 amide bonds. The van der Waals surface area contributed by atoms with E-state index in [9.17, 15) is 31.1 Å². The fourth-order valence-electron chi connectivity index (χ4n) is 3.56. The predicted octanol–water partition coefficient (Wildman–Crippen LogP) is 6.77. The molecule has 0 heterocycles. The Bertz CT molecular complexity index is 1030. The van der Waals surface area contributed by atoms with Gasteiger partial charge in [0, 0.05) is 6.07 Å². The van der Waals surface area contributed by atoms with Crippen molar-refractivity contribution in [2.24, 2.45) is 17.3 Å². The number of hydrogen-bond donors (Lipinski definition) is 0. The summed E-state index contributed by atoms with van der Waals surface area (Å²) in [6.45, 7) is 2.26. The molecule has 166 valence electrons. The number of carbonyl (C=O) groups excluding carboxylic acids is 1. The Morgan fingerprint density at radius 1 is 1.13 bits per heavy atom. The van der Waals surface area contributed by atoms with Gasteiger partial charge in [-0.2, -0.15) is 13.2 Å². The Morgan fingerprint density at radius 2 is 1.74 bits per heavy atom. The van der Waals surface area contributed by atoms with E-state index < -0.39 is 69.6 Å². The van der Waals surface area contributed by atoms with E-state index in [4.69, 9.17) is 16.3 Å². The molecule has 2 aromatic rings. The maximum atomic E-state index is 14.9. The lowest BCUT2D eigenvalue weighted by Gasteiger charge is -2.12. The maximum Gasteiger partial charge on any atom is 0.426 e. The highest BCUT2D eigenvalue weighted by molar-refractivity contribution is 6.30. The Hall–Kier alpha value is -2.48. The van der Waals surface area contributed by atoms with Gasteiger partial charge in [-0.3, -0.25) is 4.79 Å². The second-order valence-electron chi connectivity index (χ2n) is 7.82. The minimum Gasteiger partial charge on any atom is -0.460 e. The lowest BCUT2D eigenvalue weighted by molar-refractivity contribution is -0.147. The summed E-state index contributed by atoms with van der Waals surface area (Å²) in [7, 11) is 0. The predicted molar refractivity (Wildman–Crippen MR) is 102 cm³/mol. The third-order valence-electron chi connectivity index (χ3n) is 5.45. The van der Waals surface area contributed by atoms with Gasteiger partial charge < -0.3 is 4.74 Å².